The average Bonchev–Trinajstić information content (AvgIpc) is 2.82. The number of benzene rings is 4. The van der Waals surface area contributed by atoms with Crippen molar-refractivity contribution in [3.05, 3.63) is 96.1 Å². The van der Waals surface area contributed by atoms with E-state index in [2.05, 4.69) is 9.98 Å². The SMILES string of the molecule is Oc1ccccc1C=Nc1cccc2nc3c(N=Cc4ccccc4O)cccc3nc12. The zero-order chi connectivity index (χ0) is 21.9. The Balaban J connectivity index is 1.58. The van der Waals surface area contributed by atoms with E-state index in [1.807, 2.05) is 48.5 Å². The van der Waals surface area contributed by atoms with Crippen LogP contribution in [0.3, 0.4) is 0 Å². The van der Waals surface area contributed by atoms with Crippen LogP contribution in [0, 0.1) is 0 Å². The van der Waals surface area contributed by atoms with Gasteiger partial charge in [-0.2, -0.15) is 0 Å². The summed E-state index contributed by atoms with van der Waals surface area (Å²) in [6.07, 6.45) is 3.23. The van der Waals surface area contributed by atoms with Gasteiger partial charge in [0.25, 0.3) is 0 Å². The molecule has 0 bridgehead atoms. The molecule has 0 saturated heterocycles. The molecular formula is C26H18N4O2. The molecule has 2 N–H and O–H groups in total. The molecule has 1 heterocycles. The van der Waals surface area contributed by atoms with Crippen molar-refractivity contribution >= 4 is 45.9 Å². The van der Waals surface area contributed by atoms with Gasteiger partial charge in [-0.3, -0.25) is 9.98 Å². The summed E-state index contributed by atoms with van der Waals surface area (Å²) >= 11 is 0. The van der Waals surface area contributed by atoms with Crippen molar-refractivity contribution in [2.24, 2.45) is 9.98 Å². The Morgan fingerprint density at radius 2 is 0.969 bits per heavy atom. The molecule has 154 valence electrons. The third-order valence-corrected chi connectivity index (χ3v) is 5.01. The Labute approximate surface area is 183 Å². The van der Waals surface area contributed by atoms with Crippen molar-refractivity contribution in [2.75, 3.05) is 0 Å². The standard InChI is InChI=1S/C26H18N4O2/c31-23-13-3-1-7-17(23)15-27-19-9-5-11-21-25(19)29-22-12-6-10-20(26(22)30-21)28-16-18-8-2-4-14-24(18)32/h1-16,31-32H. The van der Waals surface area contributed by atoms with Gasteiger partial charge in [-0.25, -0.2) is 9.97 Å². The summed E-state index contributed by atoms with van der Waals surface area (Å²) in [5, 5.41) is 20.0. The molecule has 0 aliphatic carbocycles. The molecule has 0 unspecified atom stereocenters. The van der Waals surface area contributed by atoms with Crippen LogP contribution in [0.15, 0.2) is 94.9 Å². The van der Waals surface area contributed by atoms with E-state index in [9.17, 15) is 10.2 Å². The van der Waals surface area contributed by atoms with Crippen molar-refractivity contribution in [1.82, 2.24) is 9.97 Å². The number of hydrogen-bond donors (Lipinski definition) is 2. The lowest BCUT2D eigenvalue weighted by Crippen LogP contribution is -1.89. The predicted molar refractivity (Wildman–Crippen MR) is 128 cm³/mol. The maximum Gasteiger partial charge on any atom is 0.124 e. The predicted octanol–water partition coefficient (Wildman–Crippen LogP) is 5.70. The van der Waals surface area contributed by atoms with Crippen LogP contribution in [0.4, 0.5) is 11.4 Å². The van der Waals surface area contributed by atoms with Crippen molar-refractivity contribution in [3.8, 4) is 11.5 Å². The number of phenols is 2. The summed E-state index contributed by atoms with van der Waals surface area (Å²) in [6, 6.07) is 25.3. The van der Waals surface area contributed by atoms with Crippen LogP contribution in [0.2, 0.25) is 0 Å². The summed E-state index contributed by atoms with van der Waals surface area (Å²) in [5.74, 6) is 0.333. The van der Waals surface area contributed by atoms with E-state index >= 15 is 0 Å². The fourth-order valence-electron chi connectivity index (χ4n) is 3.37. The van der Waals surface area contributed by atoms with Gasteiger partial charge in [-0.1, -0.05) is 36.4 Å². The van der Waals surface area contributed by atoms with Crippen molar-refractivity contribution < 1.29 is 10.2 Å². The smallest absolute Gasteiger partial charge is 0.124 e. The number of phenolic OH excluding ortho intramolecular Hbond substituents is 2. The number of para-hydroxylation sites is 4. The highest BCUT2D eigenvalue weighted by Gasteiger charge is 2.09. The van der Waals surface area contributed by atoms with Crippen molar-refractivity contribution in [2.45, 2.75) is 0 Å². The highest BCUT2D eigenvalue weighted by atomic mass is 16.3. The summed E-state index contributed by atoms with van der Waals surface area (Å²) < 4.78 is 0. The zero-order valence-electron chi connectivity index (χ0n) is 16.9. The molecule has 0 amide bonds. The summed E-state index contributed by atoms with van der Waals surface area (Å²) in [7, 11) is 0. The first kappa shape index (κ1) is 19.4. The molecule has 1 aromatic heterocycles. The Morgan fingerprint density at radius 3 is 1.41 bits per heavy atom. The van der Waals surface area contributed by atoms with Crippen LogP contribution in [0.5, 0.6) is 11.5 Å². The monoisotopic (exact) mass is 418 g/mol. The Bertz CT molecular complexity index is 1390. The van der Waals surface area contributed by atoms with E-state index in [-0.39, 0.29) is 11.5 Å². The lowest BCUT2D eigenvalue weighted by Gasteiger charge is -2.06. The molecule has 0 aliphatic rings. The molecule has 0 aliphatic heterocycles. The topological polar surface area (TPSA) is 91.0 Å². The number of hydrogen-bond acceptors (Lipinski definition) is 6. The number of fused-ring (bicyclic) bond motifs is 2. The largest absolute Gasteiger partial charge is 0.507 e. The second-order valence-electron chi connectivity index (χ2n) is 7.15. The summed E-state index contributed by atoms with van der Waals surface area (Å²) in [4.78, 5) is 18.6. The van der Waals surface area contributed by atoms with Crippen LogP contribution in [0.1, 0.15) is 11.1 Å². The molecule has 32 heavy (non-hydrogen) atoms. The molecule has 6 nitrogen and oxygen atoms in total. The first-order valence-corrected chi connectivity index (χ1v) is 10.0. The van der Waals surface area contributed by atoms with Gasteiger partial charge in [0, 0.05) is 23.6 Å². The van der Waals surface area contributed by atoms with E-state index in [0.29, 0.717) is 44.6 Å². The summed E-state index contributed by atoms with van der Waals surface area (Å²) in [5.41, 5.74) is 5.26. The van der Waals surface area contributed by atoms with Crippen molar-refractivity contribution in [1.29, 1.82) is 0 Å². The average molecular weight is 418 g/mol. The van der Waals surface area contributed by atoms with Crippen LogP contribution in [-0.2, 0) is 0 Å². The minimum Gasteiger partial charge on any atom is -0.507 e. The minimum atomic E-state index is 0.167. The molecule has 5 rings (SSSR count). The Hall–Kier alpha value is -4.58. The van der Waals surface area contributed by atoms with Crippen LogP contribution >= 0.6 is 0 Å². The molecule has 0 atom stereocenters. The highest BCUT2D eigenvalue weighted by molar-refractivity contribution is 5.99. The van der Waals surface area contributed by atoms with E-state index in [1.54, 1.807) is 48.8 Å². The quantitative estimate of drug-likeness (QED) is 0.289. The maximum absolute atomic E-state index is 9.98. The van der Waals surface area contributed by atoms with Gasteiger partial charge in [0.1, 0.15) is 22.5 Å². The van der Waals surface area contributed by atoms with Gasteiger partial charge in [-0.05, 0) is 48.5 Å². The van der Waals surface area contributed by atoms with Crippen molar-refractivity contribution in [3.63, 3.8) is 0 Å². The second kappa shape index (κ2) is 8.28. The molecule has 0 spiro atoms. The molecule has 5 aromatic rings. The number of nitrogens with zero attached hydrogens (tertiary/aromatic N) is 4. The normalized spacial score (nSPS) is 11.8. The lowest BCUT2D eigenvalue weighted by atomic mass is 10.2. The molecular weight excluding hydrogens is 400 g/mol. The molecule has 0 fully saturated rings. The van der Waals surface area contributed by atoms with E-state index in [4.69, 9.17) is 9.97 Å². The van der Waals surface area contributed by atoms with Crippen LogP contribution in [0.25, 0.3) is 22.1 Å². The molecule has 0 saturated carbocycles. The Kier molecular flexibility index (Phi) is 5.01. The maximum atomic E-state index is 9.98. The molecule has 4 aromatic carbocycles. The van der Waals surface area contributed by atoms with Gasteiger partial charge < -0.3 is 10.2 Å². The lowest BCUT2D eigenvalue weighted by molar-refractivity contribution is 0.474. The van der Waals surface area contributed by atoms with Gasteiger partial charge in [-0.15, -0.1) is 0 Å². The first-order chi connectivity index (χ1) is 15.7. The van der Waals surface area contributed by atoms with Gasteiger partial charge in [0.05, 0.1) is 22.4 Å². The van der Waals surface area contributed by atoms with Gasteiger partial charge >= 0.3 is 0 Å². The third kappa shape index (κ3) is 3.77. The fraction of sp³-hybridized carbons (Fsp3) is 0. The van der Waals surface area contributed by atoms with Crippen LogP contribution in [-0.4, -0.2) is 32.6 Å². The minimum absolute atomic E-state index is 0.167. The third-order valence-electron chi connectivity index (χ3n) is 5.01. The molecule has 6 heteroatoms. The number of aliphatic imine (C=N–C) groups is 2. The highest BCUT2D eigenvalue weighted by Crippen LogP contribution is 2.30. The number of aromatic nitrogens is 2. The van der Waals surface area contributed by atoms with E-state index < -0.39 is 0 Å². The van der Waals surface area contributed by atoms with E-state index in [0.717, 1.165) is 0 Å². The fourth-order valence-corrected chi connectivity index (χ4v) is 3.37. The molecule has 0 radical (unpaired) electrons. The first-order valence-electron chi connectivity index (χ1n) is 10.0. The Morgan fingerprint density at radius 1 is 0.531 bits per heavy atom. The number of aromatic hydroxyl groups is 2. The van der Waals surface area contributed by atoms with Gasteiger partial charge in [0.2, 0.25) is 0 Å². The second-order valence-corrected chi connectivity index (χ2v) is 7.15. The number of rotatable bonds is 4. The summed E-state index contributed by atoms with van der Waals surface area (Å²) in [6.45, 7) is 0. The van der Waals surface area contributed by atoms with E-state index in [1.165, 1.54) is 0 Å². The zero-order valence-corrected chi connectivity index (χ0v) is 16.9. The van der Waals surface area contributed by atoms with Crippen LogP contribution < -0.4 is 0 Å². The van der Waals surface area contributed by atoms with Gasteiger partial charge in [0.15, 0.2) is 0 Å².